The number of para-hydroxylation sites is 3. The van der Waals surface area contributed by atoms with Gasteiger partial charge in [-0.15, -0.1) is 0 Å². The average molecular weight is 739 g/mol. The minimum absolute atomic E-state index is 0.00523. The molecular formula is C51H38N4O2. The van der Waals surface area contributed by atoms with E-state index in [1.165, 1.54) is 21.8 Å². The number of hydrogen-bond acceptors (Lipinski definition) is 5. The summed E-state index contributed by atoms with van der Waals surface area (Å²) in [6.07, 6.45) is 14.8. The lowest BCUT2D eigenvalue weighted by molar-refractivity contribution is 0.328. The molecule has 274 valence electrons. The van der Waals surface area contributed by atoms with Crippen molar-refractivity contribution >= 4 is 66.6 Å². The summed E-state index contributed by atoms with van der Waals surface area (Å²) in [7, 11) is 0. The molecule has 6 aromatic carbocycles. The maximum absolute atomic E-state index is 6.94. The van der Waals surface area contributed by atoms with Crippen LogP contribution in [-0.4, -0.2) is 16.6 Å². The van der Waals surface area contributed by atoms with Crippen LogP contribution in [0.25, 0.3) is 71.9 Å². The topological polar surface area (TPSA) is 67.6 Å². The van der Waals surface area contributed by atoms with Crippen LogP contribution in [0.3, 0.4) is 0 Å². The van der Waals surface area contributed by atoms with Gasteiger partial charge in [0.15, 0.2) is 0 Å². The Bertz CT molecular complexity index is 3120. The van der Waals surface area contributed by atoms with Crippen molar-refractivity contribution in [1.82, 2.24) is 15.2 Å². The van der Waals surface area contributed by atoms with Crippen LogP contribution in [0.5, 0.6) is 0 Å². The molecule has 4 atom stereocenters. The Morgan fingerprint density at radius 3 is 2.25 bits per heavy atom. The second kappa shape index (κ2) is 12.8. The molecule has 0 fully saturated rings. The van der Waals surface area contributed by atoms with Crippen LogP contribution in [0.1, 0.15) is 47.5 Å². The normalized spacial score (nSPS) is 20.5. The number of benzene rings is 6. The Labute approximate surface area is 329 Å². The first-order valence-electron chi connectivity index (χ1n) is 19.9. The zero-order chi connectivity index (χ0) is 37.5. The second-order valence-electron chi connectivity index (χ2n) is 15.4. The molecule has 0 amide bonds. The maximum Gasteiger partial charge on any atom is 0.142 e. The highest BCUT2D eigenvalue weighted by atomic mass is 16.3. The fourth-order valence-corrected chi connectivity index (χ4v) is 9.53. The second-order valence-corrected chi connectivity index (χ2v) is 15.4. The number of aliphatic imine (C=N–C) groups is 1. The number of amidine groups is 1. The van der Waals surface area contributed by atoms with E-state index in [1.807, 2.05) is 6.07 Å². The van der Waals surface area contributed by atoms with Crippen molar-refractivity contribution in [2.45, 2.75) is 31.2 Å². The highest BCUT2D eigenvalue weighted by molar-refractivity contribution is 6.14. The molecule has 4 unspecified atom stereocenters. The lowest BCUT2D eigenvalue weighted by Crippen LogP contribution is -2.54. The SMILES string of the molecule is C1=CCC(C2NC(c3ccccc3)=NC(c3cccc4c3oc3cccc(-c5ccc6c7c(oc6c5)C(n5c6ccccc6c6ccccc65)CC=C7)c34)N2)C=C1. The predicted octanol–water partition coefficient (Wildman–Crippen LogP) is 12.2. The van der Waals surface area contributed by atoms with Gasteiger partial charge in [0.05, 0.1) is 12.2 Å². The molecule has 6 nitrogen and oxygen atoms in total. The molecule has 9 aromatic rings. The van der Waals surface area contributed by atoms with Gasteiger partial charge in [0.2, 0.25) is 0 Å². The summed E-state index contributed by atoms with van der Waals surface area (Å²) in [5.74, 6) is 2.17. The molecule has 57 heavy (non-hydrogen) atoms. The molecule has 6 heteroatoms. The molecule has 1 aliphatic heterocycles. The number of aromatic nitrogens is 1. The number of allylic oxidation sites excluding steroid dienone is 4. The van der Waals surface area contributed by atoms with Crippen LogP contribution < -0.4 is 10.6 Å². The first-order valence-corrected chi connectivity index (χ1v) is 19.9. The minimum Gasteiger partial charge on any atom is -0.458 e. The van der Waals surface area contributed by atoms with E-state index in [1.54, 1.807) is 0 Å². The summed E-state index contributed by atoms with van der Waals surface area (Å²) >= 11 is 0. The van der Waals surface area contributed by atoms with Gasteiger partial charge < -0.3 is 18.7 Å². The number of nitrogens with zero attached hydrogens (tertiary/aromatic N) is 2. The average Bonchev–Trinajstić information content (AvgIpc) is 3.96. The summed E-state index contributed by atoms with van der Waals surface area (Å²) < 4.78 is 16.2. The van der Waals surface area contributed by atoms with E-state index in [0.717, 1.165) is 85.2 Å². The largest absolute Gasteiger partial charge is 0.458 e. The van der Waals surface area contributed by atoms with Crippen LogP contribution in [0.15, 0.2) is 178 Å². The Morgan fingerprint density at radius 1 is 0.632 bits per heavy atom. The Morgan fingerprint density at radius 2 is 1.42 bits per heavy atom. The lowest BCUT2D eigenvalue weighted by Gasteiger charge is -2.35. The molecule has 0 saturated heterocycles. The van der Waals surface area contributed by atoms with Crippen molar-refractivity contribution in [2.75, 3.05) is 0 Å². The lowest BCUT2D eigenvalue weighted by atomic mass is 9.94. The molecule has 0 radical (unpaired) electrons. The summed E-state index contributed by atoms with van der Waals surface area (Å²) in [6, 6.07) is 47.4. The van der Waals surface area contributed by atoms with Gasteiger partial charge in [-0.25, -0.2) is 4.99 Å². The molecule has 2 aliphatic carbocycles. The fraction of sp³-hybridized carbons (Fsp3) is 0.118. The Hall–Kier alpha value is -6.89. The first kappa shape index (κ1) is 32.4. The third-order valence-electron chi connectivity index (χ3n) is 12.2. The number of fused-ring (bicyclic) bond motifs is 9. The van der Waals surface area contributed by atoms with Crippen molar-refractivity contribution < 1.29 is 8.83 Å². The van der Waals surface area contributed by atoms with E-state index in [4.69, 9.17) is 13.8 Å². The fourth-order valence-electron chi connectivity index (χ4n) is 9.53. The summed E-state index contributed by atoms with van der Waals surface area (Å²) in [6.45, 7) is 0. The van der Waals surface area contributed by atoms with E-state index >= 15 is 0 Å². The molecule has 3 aromatic heterocycles. The van der Waals surface area contributed by atoms with Gasteiger partial charge in [0, 0.05) is 60.6 Å². The van der Waals surface area contributed by atoms with E-state index < -0.39 is 0 Å². The third-order valence-corrected chi connectivity index (χ3v) is 12.2. The van der Waals surface area contributed by atoms with Gasteiger partial charge in [0.25, 0.3) is 0 Å². The van der Waals surface area contributed by atoms with Crippen LogP contribution in [0, 0.1) is 5.92 Å². The number of furan rings is 2. The van der Waals surface area contributed by atoms with Gasteiger partial charge in [-0.3, -0.25) is 5.32 Å². The summed E-state index contributed by atoms with van der Waals surface area (Å²) in [4.78, 5) is 5.26. The van der Waals surface area contributed by atoms with Crippen molar-refractivity contribution in [2.24, 2.45) is 10.9 Å². The molecule has 4 heterocycles. The number of hydrogen-bond donors (Lipinski definition) is 2. The third kappa shape index (κ3) is 5.11. The van der Waals surface area contributed by atoms with E-state index in [-0.39, 0.29) is 24.3 Å². The predicted molar refractivity (Wildman–Crippen MR) is 232 cm³/mol. The molecule has 2 N–H and O–H groups in total. The van der Waals surface area contributed by atoms with Gasteiger partial charge in [-0.05, 0) is 54.3 Å². The quantitative estimate of drug-likeness (QED) is 0.184. The van der Waals surface area contributed by atoms with E-state index in [0.29, 0.717) is 0 Å². The highest BCUT2D eigenvalue weighted by Gasteiger charge is 2.32. The van der Waals surface area contributed by atoms with Gasteiger partial charge in [0.1, 0.15) is 34.5 Å². The summed E-state index contributed by atoms with van der Waals surface area (Å²) in [5.41, 5.74) is 10.5. The van der Waals surface area contributed by atoms with Crippen LogP contribution in [-0.2, 0) is 0 Å². The van der Waals surface area contributed by atoms with E-state index in [9.17, 15) is 0 Å². The Balaban J connectivity index is 0.967. The summed E-state index contributed by atoms with van der Waals surface area (Å²) in [5, 5.41) is 13.4. The monoisotopic (exact) mass is 738 g/mol. The van der Waals surface area contributed by atoms with Crippen LogP contribution in [0.2, 0.25) is 0 Å². The zero-order valence-corrected chi connectivity index (χ0v) is 31.1. The minimum atomic E-state index is -0.306. The van der Waals surface area contributed by atoms with Crippen LogP contribution >= 0.6 is 0 Å². The standard InChI is InChI=1S/C51H38N4O2/c1-3-14-31(15-4-1)49-52-50(32-16-5-2-6-17-32)54-51(53-49)40-23-11-22-39-46-34(20-13-27-44(46)56-47(39)40)33-28-29-37-38-21-12-26-43(48(38)57-45(37)30-33)55-41-24-9-7-18-35(41)36-19-8-10-25-42(36)55/h1-16,18-25,27-30,32,43,50-51,54H,17,26H2,(H,52,53). The molecule has 0 bridgehead atoms. The number of nitrogens with one attached hydrogen (secondary N) is 2. The molecule has 0 saturated carbocycles. The van der Waals surface area contributed by atoms with Gasteiger partial charge >= 0.3 is 0 Å². The molecule has 3 aliphatic rings. The van der Waals surface area contributed by atoms with Crippen molar-refractivity contribution in [3.8, 4) is 11.1 Å². The van der Waals surface area contributed by atoms with Crippen molar-refractivity contribution in [1.29, 1.82) is 0 Å². The number of rotatable bonds is 5. The molecule has 0 spiro atoms. The van der Waals surface area contributed by atoms with Crippen molar-refractivity contribution in [3.05, 3.63) is 186 Å². The maximum atomic E-state index is 6.94. The first-order chi connectivity index (χ1) is 28.3. The van der Waals surface area contributed by atoms with Crippen LogP contribution in [0.4, 0.5) is 0 Å². The van der Waals surface area contributed by atoms with Gasteiger partial charge in [-0.1, -0.05) is 140 Å². The smallest absolute Gasteiger partial charge is 0.142 e. The molecular weight excluding hydrogens is 701 g/mol. The van der Waals surface area contributed by atoms with E-state index in [2.05, 4.69) is 179 Å². The molecule has 12 rings (SSSR count). The van der Waals surface area contributed by atoms with Gasteiger partial charge in [-0.2, -0.15) is 0 Å². The van der Waals surface area contributed by atoms with Crippen molar-refractivity contribution in [3.63, 3.8) is 0 Å². The zero-order valence-electron chi connectivity index (χ0n) is 31.1. The Kier molecular flexibility index (Phi) is 7.29. The highest BCUT2D eigenvalue weighted by Crippen LogP contribution is 2.45.